The average molecular weight is 247 g/mol. The van der Waals surface area contributed by atoms with Crippen molar-refractivity contribution in [2.45, 2.75) is 4.96 Å². The van der Waals surface area contributed by atoms with E-state index in [9.17, 15) is 0 Å². The molecule has 0 saturated carbocycles. The topological polar surface area (TPSA) is 32.3 Å². The average Bonchev–Trinajstić information content (AvgIpc) is 2.30. The Morgan fingerprint density at radius 3 is 2.20 bits per heavy atom. The summed E-state index contributed by atoms with van der Waals surface area (Å²) in [4.78, 5) is 12.1. The Hall–Kier alpha value is -0.580. The first-order valence-corrected chi connectivity index (χ1v) is 5.69. The molecule has 15 heavy (non-hydrogen) atoms. The van der Waals surface area contributed by atoms with E-state index in [1.165, 1.54) is 0 Å². The first kappa shape index (κ1) is 10.9. The number of hydrogen-bond acceptors (Lipinski definition) is 4. The van der Waals surface area contributed by atoms with E-state index in [2.05, 4.69) is 14.9 Å². The zero-order valence-corrected chi connectivity index (χ0v) is 9.69. The minimum atomic E-state index is -0.413. The van der Waals surface area contributed by atoms with Crippen molar-refractivity contribution in [2.24, 2.45) is 0 Å². The molecule has 1 aliphatic heterocycles. The molecule has 6 heteroatoms. The number of nitrogens with zero attached hydrogens (tertiary/aromatic N) is 4. The van der Waals surface area contributed by atoms with Crippen LogP contribution in [0.1, 0.15) is 0 Å². The van der Waals surface area contributed by atoms with Gasteiger partial charge in [0.05, 0.1) is 0 Å². The largest absolute Gasteiger partial charge is 0.338 e. The fraction of sp³-hybridized carbons (Fsp3) is 0.556. The number of alkyl halides is 2. The SMILES string of the molecule is ClC(Cl)N1CCN(c2ncccn2)CC1. The molecule has 1 aromatic heterocycles. The van der Waals surface area contributed by atoms with Gasteiger partial charge in [0.1, 0.15) is 0 Å². The molecule has 0 aromatic carbocycles. The molecule has 0 atom stereocenters. The van der Waals surface area contributed by atoms with Crippen LogP contribution in [-0.2, 0) is 0 Å². The molecule has 0 amide bonds. The van der Waals surface area contributed by atoms with Crippen LogP contribution < -0.4 is 4.90 Å². The summed E-state index contributed by atoms with van der Waals surface area (Å²) in [5.74, 6) is 0.776. The predicted octanol–water partition coefficient (Wildman–Crippen LogP) is 1.36. The van der Waals surface area contributed by atoms with E-state index in [4.69, 9.17) is 23.2 Å². The van der Waals surface area contributed by atoms with E-state index in [0.717, 1.165) is 32.1 Å². The molecule has 0 spiro atoms. The second-order valence-electron chi connectivity index (χ2n) is 3.35. The van der Waals surface area contributed by atoms with Crippen LogP contribution >= 0.6 is 23.2 Å². The molecular formula is C9H12Cl2N4. The zero-order valence-electron chi connectivity index (χ0n) is 8.18. The summed E-state index contributed by atoms with van der Waals surface area (Å²) in [6, 6.07) is 1.81. The van der Waals surface area contributed by atoms with Crippen molar-refractivity contribution < 1.29 is 0 Å². The van der Waals surface area contributed by atoms with Gasteiger partial charge in [-0.3, -0.25) is 4.90 Å². The number of halogens is 2. The molecule has 0 aliphatic carbocycles. The van der Waals surface area contributed by atoms with Crippen molar-refractivity contribution in [2.75, 3.05) is 31.1 Å². The standard InChI is InChI=1S/C9H12Cl2N4/c10-8(11)14-4-6-15(7-5-14)9-12-2-1-3-13-9/h1-3,8H,4-7H2. The van der Waals surface area contributed by atoms with Crippen molar-refractivity contribution in [1.82, 2.24) is 14.9 Å². The van der Waals surface area contributed by atoms with Crippen LogP contribution in [0.25, 0.3) is 0 Å². The normalized spacial score (nSPS) is 18.5. The molecule has 1 aromatic rings. The van der Waals surface area contributed by atoms with Gasteiger partial charge in [-0.2, -0.15) is 0 Å². The van der Waals surface area contributed by atoms with Crippen LogP contribution in [0.2, 0.25) is 0 Å². The van der Waals surface area contributed by atoms with E-state index in [-0.39, 0.29) is 0 Å². The quantitative estimate of drug-likeness (QED) is 0.583. The Balaban J connectivity index is 1.94. The molecule has 82 valence electrons. The lowest BCUT2D eigenvalue weighted by atomic mass is 10.3. The Morgan fingerprint density at radius 2 is 1.67 bits per heavy atom. The summed E-state index contributed by atoms with van der Waals surface area (Å²) < 4.78 is 0. The highest BCUT2D eigenvalue weighted by molar-refractivity contribution is 6.43. The number of rotatable bonds is 2. The van der Waals surface area contributed by atoms with E-state index in [1.54, 1.807) is 12.4 Å². The molecule has 4 nitrogen and oxygen atoms in total. The van der Waals surface area contributed by atoms with Gasteiger partial charge in [0.2, 0.25) is 5.95 Å². The Morgan fingerprint density at radius 1 is 1.07 bits per heavy atom. The first-order valence-electron chi connectivity index (χ1n) is 4.81. The van der Waals surface area contributed by atoms with Crippen molar-refractivity contribution in [3.63, 3.8) is 0 Å². The van der Waals surface area contributed by atoms with Gasteiger partial charge in [-0.25, -0.2) is 9.97 Å². The van der Waals surface area contributed by atoms with Crippen LogP contribution in [0.4, 0.5) is 5.95 Å². The highest BCUT2D eigenvalue weighted by Crippen LogP contribution is 2.15. The van der Waals surface area contributed by atoms with Gasteiger partial charge in [-0.05, 0) is 6.07 Å². The molecule has 0 bridgehead atoms. The number of anilines is 1. The molecule has 1 aliphatic rings. The lowest BCUT2D eigenvalue weighted by Crippen LogP contribution is -2.48. The zero-order chi connectivity index (χ0) is 10.7. The molecular weight excluding hydrogens is 235 g/mol. The van der Waals surface area contributed by atoms with Gasteiger partial charge in [0.25, 0.3) is 0 Å². The summed E-state index contributed by atoms with van der Waals surface area (Å²) >= 11 is 11.6. The van der Waals surface area contributed by atoms with Crippen LogP contribution in [-0.4, -0.2) is 46.0 Å². The fourth-order valence-electron chi connectivity index (χ4n) is 1.57. The minimum Gasteiger partial charge on any atom is -0.338 e. The van der Waals surface area contributed by atoms with E-state index in [0.29, 0.717) is 0 Å². The van der Waals surface area contributed by atoms with Gasteiger partial charge in [-0.15, -0.1) is 0 Å². The van der Waals surface area contributed by atoms with Gasteiger partial charge in [0, 0.05) is 38.6 Å². The smallest absolute Gasteiger partial charge is 0.225 e. The lowest BCUT2D eigenvalue weighted by Gasteiger charge is -2.35. The maximum Gasteiger partial charge on any atom is 0.225 e. The van der Waals surface area contributed by atoms with Gasteiger partial charge >= 0.3 is 0 Å². The molecule has 0 N–H and O–H groups in total. The summed E-state index contributed by atoms with van der Waals surface area (Å²) in [6.45, 7) is 3.41. The Labute approximate surface area is 98.8 Å². The van der Waals surface area contributed by atoms with Crippen LogP contribution in [0.5, 0.6) is 0 Å². The maximum atomic E-state index is 5.79. The number of aromatic nitrogens is 2. The maximum absolute atomic E-state index is 5.79. The second-order valence-corrected chi connectivity index (χ2v) is 4.40. The third-order valence-electron chi connectivity index (χ3n) is 2.43. The molecule has 0 radical (unpaired) electrons. The van der Waals surface area contributed by atoms with Crippen LogP contribution in [0.3, 0.4) is 0 Å². The molecule has 0 unspecified atom stereocenters. The third kappa shape index (κ3) is 2.71. The van der Waals surface area contributed by atoms with Crippen molar-refractivity contribution in [1.29, 1.82) is 0 Å². The Bertz CT molecular complexity index is 298. The number of piperazine rings is 1. The summed E-state index contributed by atoms with van der Waals surface area (Å²) in [7, 11) is 0. The fourth-order valence-corrected chi connectivity index (χ4v) is 1.96. The molecule has 2 heterocycles. The predicted molar refractivity (Wildman–Crippen MR) is 61.3 cm³/mol. The van der Waals surface area contributed by atoms with Crippen LogP contribution in [0, 0.1) is 0 Å². The summed E-state index contributed by atoms with van der Waals surface area (Å²) in [5.41, 5.74) is 0. The van der Waals surface area contributed by atoms with E-state index in [1.807, 2.05) is 11.0 Å². The molecule has 2 rings (SSSR count). The third-order valence-corrected chi connectivity index (χ3v) is 2.98. The monoisotopic (exact) mass is 246 g/mol. The Kier molecular flexibility index (Phi) is 3.61. The van der Waals surface area contributed by atoms with E-state index < -0.39 is 4.96 Å². The highest BCUT2D eigenvalue weighted by atomic mass is 35.5. The van der Waals surface area contributed by atoms with Crippen molar-refractivity contribution >= 4 is 29.2 Å². The van der Waals surface area contributed by atoms with E-state index >= 15 is 0 Å². The summed E-state index contributed by atoms with van der Waals surface area (Å²) in [6.07, 6.45) is 3.50. The highest BCUT2D eigenvalue weighted by Gasteiger charge is 2.21. The number of hydrogen-bond donors (Lipinski definition) is 0. The van der Waals surface area contributed by atoms with Crippen molar-refractivity contribution in [3.05, 3.63) is 18.5 Å². The first-order chi connectivity index (χ1) is 7.27. The molecule has 1 saturated heterocycles. The minimum absolute atomic E-state index is 0.413. The molecule has 1 fully saturated rings. The van der Waals surface area contributed by atoms with Crippen molar-refractivity contribution in [3.8, 4) is 0 Å². The van der Waals surface area contributed by atoms with Gasteiger partial charge < -0.3 is 4.90 Å². The lowest BCUT2D eigenvalue weighted by molar-refractivity contribution is 0.277. The van der Waals surface area contributed by atoms with Gasteiger partial charge in [-0.1, -0.05) is 23.2 Å². The van der Waals surface area contributed by atoms with Gasteiger partial charge in [0.15, 0.2) is 4.96 Å². The second kappa shape index (κ2) is 4.96. The summed E-state index contributed by atoms with van der Waals surface area (Å²) in [5, 5.41) is 0. The van der Waals surface area contributed by atoms with Crippen LogP contribution in [0.15, 0.2) is 18.5 Å².